The Morgan fingerprint density at radius 2 is 1.73 bits per heavy atom. The molecule has 3 N–H and O–H groups in total. The zero-order valence-corrected chi connectivity index (χ0v) is 5.64. The van der Waals surface area contributed by atoms with Crippen molar-refractivity contribution in [2.24, 2.45) is 5.73 Å². The van der Waals surface area contributed by atoms with Crippen molar-refractivity contribution in [2.45, 2.75) is 6.54 Å². The summed E-state index contributed by atoms with van der Waals surface area (Å²) in [5.74, 6) is -2.92. The standard InChI is InChI=1S/C7H7F2NO/c8-5-1-4(3-10)2-6(9)7(5)11/h1-2,11H,3,10H2. The average molecular weight is 159 g/mol. The second-order valence-corrected chi connectivity index (χ2v) is 2.11. The number of aromatic hydroxyl groups is 1. The molecular formula is C7H7F2NO. The number of halogens is 2. The molecule has 4 heteroatoms. The van der Waals surface area contributed by atoms with E-state index in [2.05, 4.69) is 0 Å². The van der Waals surface area contributed by atoms with E-state index in [4.69, 9.17) is 10.8 Å². The SMILES string of the molecule is NCc1cc(F)c(O)c(F)c1. The average Bonchev–Trinajstić information content (AvgIpc) is 1.99. The molecule has 0 heterocycles. The van der Waals surface area contributed by atoms with Gasteiger partial charge in [0, 0.05) is 6.54 Å². The third kappa shape index (κ3) is 1.46. The molecule has 0 aliphatic carbocycles. The molecule has 60 valence electrons. The molecule has 1 aromatic carbocycles. The third-order valence-corrected chi connectivity index (χ3v) is 1.31. The molecule has 11 heavy (non-hydrogen) atoms. The van der Waals surface area contributed by atoms with E-state index < -0.39 is 17.4 Å². The van der Waals surface area contributed by atoms with Crippen molar-refractivity contribution < 1.29 is 13.9 Å². The lowest BCUT2D eigenvalue weighted by atomic mass is 10.2. The molecule has 0 radical (unpaired) electrons. The van der Waals surface area contributed by atoms with Gasteiger partial charge in [0.05, 0.1) is 0 Å². The lowest BCUT2D eigenvalue weighted by Gasteiger charge is -1.99. The number of benzene rings is 1. The number of hydrogen-bond acceptors (Lipinski definition) is 2. The van der Waals surface area contributed by atoms with Crippen molar-refractivity contribution in [3.05, 3.63) is 29.3 Å². The van der Waals surface area contributed by atoms with Crippen LogP contribution in [0.25, 0.3) is 0 Å². The Balaban J connectivity index is 3.21. The fourth-order valence-electron chi connectivity index (χ4n) is 0.736. The first-order valence-electron chi connectivity index (χ1n) is 3.02. The van der Waals surface area contributed by atoms with Gasteiger partial charge in [-0.3, -0.25) is 0 Å². The van der Waals surface area contributed by atoms with E-state index in [9.17, 15) is 8.78 Å². The fourth-order valence-corrected chi connectivity index (χ4v) is 0.736. The highest BCUT2D eigenvalue weighted by Gasteiger charge is 2.07. The van der Waals surface area contributed by atoms with E-state index in [-0.39, 0.29) is 6.54 Å². The lowest BCUT2D eigenvalue weighted by molar-refractivity contribution is 0.395. The summed E-state index contributed by atoms with van der Waals surface area (Å²) in [7, 11) is 0. The molecule has 1 aromatic rings. The van der Waals surface area contributed by atoms with Crippen molar-refractivity contribution in [1.82, 2.24) is 0 Å². The molecule has 0 aliphatic rings. The van der Waals surface area contributed by atoms with Crippen LogP contribution in [0, 0.1) is 11.6 Å². The van der Waals surface area contributed by atoms with Gasteiger partial charge in [0.15, 0.2) is 17.4 Å². The molecule has 0 unspecified atom stereocenters. The normalized spacial score (nSPS) is 10.1. The van der Waals surface area contributed by atoms with E-state index in [1.165, 1.54) is 0 Å². The van der Waals surface area contributed by atoms with Crippen molar-refractivity contribution in [3.63, 3.8) is 0 Å². The Morgan fingerprint density at radius 1 is 1.27 bits per heavy atom. The Kier molecular flexibility index (Phi) is 2.05. The summed E-state index contributed by atoms with van der Waals surface area (Å²) in [6.07, 6.45) is 0. The van der Waals surface area contributed by atoms with Gasteiger partial charge in [0.1, 0.15) is 0 Å². The Labute approximate surface area is 62.3 Å². The molecule has 2 nitrogen and oxygen atoms in total. The lowest BCUT2D eigenvalue weighted by Crippen LogP contribution is -1.98. The summed E-state index contributed by atoms with van der Waals surface area (Å²) in [6.45, 7) is 0.0497. The second-order valence-electron chi connectivity index (χ2n) is 2.11. The third-order valence-electron chi connectivity index (χ3n) is 1.31. The predicted octanol–water partition coefficient (Wildman–Crippen LogP) is 1.13. The van der Waals surface area contributed by atoms with Crippen LogP contribution in [0.5, 0.6) is 5.75 Å². The van der Waals surface area contributed by atoms with Gasteiger partial charge in [-0.2, -0.15) is 0 Å². The van der Waals surface area contributed by atoms with Crippen LogP contribution < -0.4 is 5.73 Å². The molecule has 0 spiro atoms. The number of phenols is 1. The van der Waals surface area contributed by atoms with Crippen molar-refractivity contribution in [2.75, 3.05) is 0 Å². The number of nitrogens with two attached hydrogens (primary N) is 1. The number of phenolic OH excluding ortho intramolecular Hbond substituents is 1. The number of hydrogen-bond donors (Lipinski definition) is 2. The van der Waals surface area contributed by atoms with Gasteiger partial charge in [-0.05, 0) is 17.7 Å². The van der Waals surface area contributed by atoms with E-state index in [0.717, 1.165) is 12.1 Å². The Morgan fingerprint density at radius 3 is 2.09 bits per heavy atom. The highest BCUT2D eigenvalue weighted by atomic mass is 19.1. The topological polar surface area (TPSA) is 46.2 Å². The summed E-state index contributed by atoms with van der Waals surface area (Å²) in [5.41, 5.74) is 5.44. The summed E-state index contributed by atoms with van der Waals surface area (Å²) >= 11 is 0. The van der Waals surface area contributed by atoms with E-state index >= 15 is 0 Å². The van der Waals surface area contributed by atoms with Crippen LogP contribution in [0.3, 0.4) is 0 Å². The van der Waals surface area contributed by atoms with Gasteiger partial charge in [0.2, 0.25) is 0 Å². The first kappa shape index (κ1) is 7.94. The monoisotopic (exact) mass is 159 g/mol. The molecule has 0 fully saturated rings. The van der Waals surface area contributed by atoms with Crippen molar-refractivity contribution in [1.29, 1.82) is 0 Å². The smallest absolute Gasteiger partial charge is 0.187 e. The minimum absolute atomic E-state index is 0.0497. The van der Waals surface area contributed by atoms with Crippen LogP contribution in [0.1, 0.15) is 5.56 Å². The molecule has 1 rings (SSSR count). The van der Waals surface area contributed by atoms with Crippen LogP contribution in [-0.4, -0.2) is 5.11 Å². The van der Waals surface area contributed by atoms with Crippen LogP contribution in [0.2, 0.25) is 0 Å². The maximum atomic E-state index is 12.5. The minimum atomic E-state index is -0.981. The summed E-state index contributed by atoms with van der Waals surface area (Å²) in [4.78, 5) is 0. The molecule has 0 saturated carbocycles. The van der Waals surface area contributed by atoms with E-state index in [1.807, 2.05) is 0 Å². The van der Waals surface area contributed by atoms with E-state index in [0.29, 0.717) is 5.56 Å². The second kappa shape index (κ2) is 2.84. The summed E-state index contributed by atoms with van der Waals surface area (Å²) < 4.78 is 25.0. The largest absolute Gasteiger partial charge is 0.503 e. The molecule has 0 bridgehead atoms. The maximum absolute atomic E-state index is 12.5. The summed E-state index contributed by atoms with van der Waals surface area (Å²) in [6, 6.07) is 2.00. The molecule has 0 aliphatic heterocycles. The minimum Gasteiger partial charge on any atom is -0.503 e. The van der Waals surface area contributed by atoms with Crippen LogP contribution in [0.15, 0.2) is 12.1 Å². The molecule has 0 atom stereocenters. The van der Waals surface area contributed by atoms with Crippen molar-refractivity contribution in [3.8, 4) is 5.75 Å². The van der Waals surface area contributed by atoms with Gasteiger partial charge >= 0.3 is 0 Å². The van der Waals surface area contributed by atoms with Crippen LogP contribution in [0.4, 0.5) is 8.78 Å². The molecule has 0 saturated heterocycles. The van der Waals surface area contributed by atoms with Gasteiger partial charge in [-0.15, -0.1) is 0 Å². The van der Waals surface area contributed by atoms with Crippen molar-refractivity contribution >= 4 is 0 Å². The zero-order valence-electron chi connectivity index (χ0n) is 5.64. The predicted molar refractivity (Wildman–Crippen MR) is 35.9 cm³/mol. The molecule has 0 aromatic heterocycles. The maximum Gasteiger partial charge on any atom is 0.187 e. The van der Waals surface area contributed by atoms with Gasteiger partial charge in [0.25, 0.3) is 0 Å². The first-order valence-corrected chi connectivity index (χ1v) is 3.02. The van der Waals surface area contributed by atoms with Crippen LogP contribution >= 0.6 is 0 Å². The van der Waals surface area contributed by atoms with Gasteiger partial charge < -0.3 is 10.8 Å². The van der Waals surface area contributed by atoms with E-state index in [1.54, 1.807) is 0 Å². The Bertz CT molecular complexity index is 252. The zero-order chi connectivity index (χ0) is 8.43. The highest BCUT2D eigenvalue weighted by molar-refractivity contribution is 5.29. The molecule has 0 amide bonds. The summed E-state index contributed by atoms with van der Waals surface area (Å²) in [5, 5.41) is 8.64. The fraction of sp³-hybridized carbons (Fsp3) is 0.143. The van der Waals surface area contributed by atoms with Crippen LogP contribution in [-0.2, 0) is 6.54 Å². The first-order chi connectivity index (χ1) is 5.15. The molecular weight excluding hydrogens is 152 g/mol. The Hall–Kier alpha value is -1.16. The highest BCUT2D eigenvalue weighted by Crippen LogP contribution is 2.20. The van der Waals surface area contributed by atoms with Gasteiger partial charge in [-0.1, -0.05) is 0 Å². The van der Waals surface area contributed by atoms with Gasteiger partial charge in [-0.25, -0.2) is 8.78 Å². The number of rotatable bonds is 1. The quantitative estimate of drug-likeness (QED) is 0.645.